The van der Waals surface area contributed by atoms with Crippen LogP contribution in [0.15, 0.2) is 42.5 Å². The molecular weight excluding hydrogens is 351 g/mol. The van der Waals surface area contributed by atoms with E-state index in [0.717, 1.165) is 35.2 Å². The molecule has 0 aliphatic heterocycles. The van der Waals surface area contributed by atoms with Gasteiger partial charge >= 0.3 is 6.18 Å². The average molecular weight is 372 g/mol. The van der Waals surface area contributed by atoms with Crippen molar-refractivity contribution in [2.75, 3.05) is 13.2 Å². The summed E-state index contributed by atoms with van der Waals surface area (Å²) in [5, 5.41) is 3.86. The molecule has 0 spiro atoms. The number of rotatable bonds is 8. The third-order valence-corrected chi connectivity index (χ3v) is 4.12. The van der Waals surface area contributed by atoms with Crippen LogP contribution in [0.25, 0.3) is 0 Å². The summed E-state index contributed by atoms with van der Waals surface area (Å²) in [6.45, 7) is 3.61. The van der Waals surface area contributed by atoms with Gasteiger partial charge in [-0.2, -0.15) is 13.2 Å². The van der Waals surface area contributed by atoms with E-state index in [0.29, 0.717) is 25.3 Å². The monoisotopic (exact) mass is 371 g/mol. The van der Waals surface area contributed by atoms with E-state index in [1.807, 2.05) is 25.1 Å². The van der Waals surface area contributed by atoms with Crippen molar-refractivity contribution in [1.29, 1.82) is 0 Å². The highest BCUT2D eigenvalue weighted by Gasteiger charge is 2.30. The predicted molar refractivity (Wildman–Crippen MR) is 94.1 cm³/mol. The lowest BCUT2D eigenvalue weighted by molar-refractivity contribution is -0.137. The molecule has 0 aromatic heterocycles. The minimum absolute atomic E-state index is 0.394. The highest BCUT2D eigenvalue weighted by molar-refractivity contribution is 6.31. The molecule has 0 unspecified atom stereocenters. The molecule has 6 heteroatoms. The summed E-state index contributed by atoms with van der Waals surface area (Å²) >= 11 is 6.06. The first-order valence-corrected chi connectivity index (χ1v) is 8.56. The summed E-state index contributed by atoms with van der Waals surface area (Å²) in [6, 6.07) is 10.9. The molecule has 25 heavy (non-hydrogen) atoms. The van der Waals surface area contributed by atoms with Crippen molar-refractivity contribution < 1.29 is 17.9 Å². The van der Waals surface area contributed by atoms with Crippen molar-refractivity contribution in [3.63, 3.8) is 0 Å². The summed E-state index contributed by atoms with van der Waals surface area (Å²) < 4.78 is 43.6. The predicted octanol–water partition coefficient (Wildman–Crippen LogP) is 5.48. The average Bonchev–Trinajstić information content (AvgIpc) is 2.59. The number of aryl methyl sites for hydroxylation is 1. The van der Waals surface area contributed by atoms with Gasteiger partial charge in [-0.1, -0.05) is 36.7 Å². The van der Waals surface area contributed by atoms with Crippen LogP contribution in [0.3, 0.4) is 0 Å². The molecule has 0 saturated carbocycles. The molecule has 0 aliphatic carbocycles. The molecule has 2 rings (SSSR count). The summed E-state index contributed by atoms with van der Waals surface area (Å²) in [4.78, 5) is 0. The Hall–Kier alpha value is -1.72. The van der Waals surface area contributed by atoms with E-state index < -0.39 is 11.7 Å². The van der Waals surface area contributed by atoms with Crippen molar-refractivity contribution in [3.8, 4) is 5.75 Å². The number of halogens is 4. The van der Waals surface area contributed by atoms with E-state index in [4.69, 9.17) is 16.3 Å². The van der Waals surface area contributed by atoms with Crippen LogP contribution in [0, 0.1) is 0 Å². The van der Waals surface area contributed by atoms with Crippen LogP contribution in [0.5, 0.6) is 5.75 Å². The Balaban J connectivity index is 1.70. The maximum atomic E-state index is 12.7. The largest absolute Gasteiger partial charge is 0.494 e. The molecule has 2 aromatic rings. The molecule has 0 bridgehead atoms. The van der Waals surface area contributed by atoms with Gasteiger partial charge in [0.25, 0.3) is 0 Å². The van der Waals surface area contributed by atoms with Gasteiger partial charge in [-0.25, -0.2) is 0 Å². The van der Waals surface area contributed by atoms with Crippen LogP contribution in [0.2, 0.25) is 5.02 Å². The number of nitrogens with one attached hydrogen (secondary N) is 1. The topological polar surface area (TPSA) is 21.3 Å². The lowest BCUT2D eigenvalue weighted by atomic mass is 10.1. The molecule has 136 valence electrons. The Morgan fingerprint density at radius 3 is 2.64 bits per heavy atom. The Morgan fingerprint density at radius 2 is 1.92 bits per heavy atom. The third kappa shape index (κ3) is 6.25. The van der Waals surface area contributed by atoms with Crippen LogP contribution in [0.1, 0.15) is 30.0 Å². The SMILES string of the molecule is CCc1cc(OCCCNCc2cccc(C(F)(F)F)c2)ccc1Cl. The van der Waals surface area contributed by atoms with E-state index in [1.54, 1.807) is 6.07 Å². The van der Waals surface area contributed by atoms with Crippen LogP contribution >= 0.6 is 11.6 Å². The lowest BCUT2D eigenvalue weighted by Gasteiger charge is -2.10. The van der Waals surface area contributed by atoms with Crippen molar-refractivity contribution in [1.82, 2.24) is 5.32 Å². The molecule has 0 atom stereocenters. The van der Waals surface area contributed by atoms with Gasteiger partial charge in [-0.15, -0.1) is 0 Å². The van der Waals surface area contributed by atoms with Gasteiger partial charge in [0.15, 0.2) is 0 Å². The fourth-order valence-corrected chi connectivity index (χ4v) is 2.64. The van der Waals surface area contributed by atoms with Crippen molar-refractivity contribution in [2.45, 2.75) is 32.5 Å². The van der Waals surface area contributed by atoms with Crippen LogP contribution < -0.4 is 10.1 Å². The van der Waals surface area contributed by atoms with E-state index in [2.05, 4.69) is 5.32 Å². The first-order chi connectivity index (χ1) is 11.9. The summed E-state index contributed by atoms with van der Waals surface area (Å²) in [5.41, 5.74) is 1.03. The van der Waals surface area contributed by atoms with Crippen LogP contribution in [0.4, 0.5) is 13.2 Å². The first-order valence-electron chi connectivity index (χ1n) is 8.18. The minimum atomic E-state index is -4.31. The molecule has 0 aliphatic rings. The maximum Gasteiger partial charge on any atom is 0.416 e. The Bertz CT molecular complexity index is 689. The highest BCUT2D eigenvalue weighted by atomic mass is 35.5. The number of alkyl halides is 3. The van der Waals surface area contributed by atoms with Gasteiger partial charge in [0, 0.05) is 11.6 Å². The van der Waals surface area contributed by atoms with E-state index >= 15 is 0 Å². The van der Waals surface area contributed by atoms with E-state index in [9.17, 15) is 13.2 Å². The fraction of sp³-hybridized carbons (Fsp3) is 0.368. The quantitative estimate of drug-likeness (QED) is 0.620. The second-order valence-electron chi connectivity index (χ2n) is 5.68. The fourth-order valence-electron chi connectivity index (χ4n) is 2.39. The summed E-state index contributed by atoms with van der Waals surface area (Å²) in [5.74, 6) is 0.777. The zero-order valence-electron chi connectivity index (χ0n) is 14.0. The molecular formula is C19H21ClF3NO. The lowest BCUT2D eigenvalue weighted by Crippen LogP contribution is -2.17. The van der Waals surface area contributed by atoms with Gasteiger partial charge in [-0.05, 0) is 54.8 Å². The molecule has 0 amide bonds. The second-order valence-corrected chi connectivity index (χ2v) is 6.09. The van der Waals surface area contributed by atoms with Gasteiger partial charge in [0.2, 0.25) is 0 Å². The van der Waals surface area contributed by atoms with Gasteiger partial charge in [0.05, 0.1) is 12.2 Å². The van der Waals surface area contributed by atoms with Crippen molar-refractivity contribution >= 4 is 11.6 Å². The van der Waals surface area contributed by atoms with E-state index in [1.165, 1.54) is 12.1 Å². The number of ether oxygens (including phenoxy) is 1. The zero-order valence-corrected chi connectivity index (χ0v) is 14.8. The third-order valence-electron chi connectivity index (χ3n) is 3.75. The van der Waals surface area contributed by atoms with Crippen LogP contribution in [-0.4, -0.2) is 13.2 Å². The molecule has 0 saturated heterocycles. The highest BCUT2D eigenvalue weighted by Crippen LogP contribution is 2.29. The maximum absolute atomic E-state index is 12.7. The standard InChI is InChI=1S/C19H21ClF3NO/c1-2-15-12-17(7-8-18(15)20)25-10-4-9-24-13-14-5-3-6-16(11-14)19(21,22)23/h3,5-8,11-12,24H,2,4,9-10,13H2,1H3. The van der Waals surface area contributed by atoms with Gasteiger partial charge in [0.1, 0.15) is 5.75 Å². The molecule has 1 N–H and O–H groups in total. The normalized spacial score (nSPS) is 11.6. The van der Waals surface area contributed by atoms with Gasteiger partial charge < -0.3 is 10.1 Å². The molecule has 2 aromatic carbocycles. The Kier molecular flexibility index (Phi) is 7.14. The summed E-state index contributed by atoms with van der Waals surface area (Å²) in [7, 11) is 0. The van der Waals surface area contributed by atoms with Gasteiger partial charge in [-0.3, -0.25) is 0 Å². The smallest absolute Gasteiger partial charge is 0.416 e. The van der Waals surface area contributed by atoms with Crippen molar-refractivity contribution in [3.05, 3.63) is 64.2 Å². The minimum Gasteiger partial charge on any atom is -0.494 e. The molecule has 0 heterocycles. The Morgan fingerprint density at radius 1 is 1.12 bits per heavy atom. The zero-order chi connectivity index (χ0) is 18.3. The Labute approximate surface area is 151 Å². The molecule has 0 fully saturated rings. The first kappa shape index (κ1) is 19.6. The van der Waals surface area contributed by atoms with Crippen molar-refractivity contribution in [2.24, 2.45) is 0 Å². The van der Waals surface area contributed by atoms with Crippen LogP contribution in [-0.2, 0) is 19.1 Å². The number of hydrogen-bond acceptors (Lipinski definition) is 2. The number of hydrogen-bond donors (Lipinski definition) is 1. The van der Waals surface area contributed by atoms with E-state index in [-0.39, 0.29) is 0 Å². The molecule has 2 nitrogen and oxygen atoms in total. The molecule has 0 radical (unpaired) electrons. The second kappa shape index (κ2) is 9.11. The summed E-state index contributed by atoms with van der Waals surface area (Å²) in [6.07, 6.45) is -2.71. The number of benzene rings is 2.